The molecule has 0 atom stereocenters. The topological polar surface area (TPSA) is 72.2 Å². The van der Waals surface area contributed by atoms with Crippen molar-refractivity contribution in [3.05, 3.63) is 88.5 Å². The fourth-order valence-electron chi connectivity index (χ4n) is 4.46. The summed E-state index contributed by atoms with van der Waals surface area (Å²) in [5.74, 6) is 1.72. The van der Waals surface area contributed by atoms with Crippen LogP contribution in [0.2, 0.25) is 0 Å². The third kappa shape index (κ3) is 7.97. The Morgan fingerprint density at radius 2 is 1.70 bits per heavy atom. The van der Waals surface area contributed by atoms with Crippen molar-refractivity contribution in [2.75, 3.05) is 5.32 Å². The highest BCUT2D eigenvalue weighted by Gasteiger charge is 2.16. The molecular weight excluding hydrogens is 458 g/mol. The maximum absolute atomic E-state index is 10.8. The van der Waals surface area contributed by atoms with Gasteiger partial charge >= 0.3 is 0 Å². The number of pyridine rings is 1. The second-order valence-electron chi connectivity index (χ2n) is 9.92. The highest BCUT2D eigenvalue weighted by atomic mass is 16.1. The molecule has 4 aromatic rings. The number of aromatic nitrogens is 4. The molecule has 0 saturated carbocycles. The van der Waals surface area contributed by atoms with Crippen molar-refractivity contribution in [3.63, 3.8) is 0 Å². The molecule has 6 heteroatoms. The summed E-state index contributed by atoms with van der Waals surface area (Å²) in [6, 6.07) is 12.4. The van der Waals surface area contributed by atoms with Crippen LogP contribution in [-0.2, 0) is 17.8 Å². The van der Waals surface area contributed by atoms with Crippen LogP contribution >= 0.6 is 0 Å². The Balaban J connectivity index is 0.000000266. The molecule has 0 aliphatic rings. The van der Waals surface area contributed by atoms with E-state index in [0.717, 1.165) is 34.7 Å². The zero-order valence-corrected chi connectivity index (χ0v) is 23.2. The van der Waals surface area contributed by atoms with Gasteiger partial charge < -0.3 is 5.32 Å². The summed E-state index contributed by atoms with van der Waals surface area (Å²) < 4.78 is 1.91. The monoisotopic (exact) mass is 499 g/mol. The maximum Gasteiger partial charge on any atom is 0.160 e. The fraction of sp³-hybridized carbons (Fsp3) is 0.419. The first-order chi connectivity index (χ1) is 17.8. The number of rotatable bonds is 10. The smallest absolute Gasteiger partial charge is 0.160 e. The molecule has 0 unspecified atom stereocenters. The minimum Gasteiger partial charge on any atom is -0.366 e. The van der Waals surface area contributed by atoms with Crippen LogP contribution in [0, 0.1) is 20.8 Å². The van der Waals surface area contributed by atoms with E-state index in [1.165, 1.54) is 42.5 Å². The van der Waals surface area contributed by atoms with Gasteiger partial charge in [0.25, 0.3) is 0 Å². The molecule has 0 aliphatic carbocycles. The molecule has 3 aromatic heterocycles. The predicted octanol–water partition coefficient (Wildman–Crippen LogP) is 7.16. The fourth-order valence-corrected chi connectivity index (χ4v) is 4.46. The van der Waals surface area contributed by atoms with E-state index in [9.17, 15) is 4.79 Å². The molecule has 0 aliphatic heterocycles. The number of nitrogens with one attached hydrogen (secondary N) is 1. The molecule has 0 bridgehead atoms. The number of benzene rings is 1. The van der Waals surface area contributed by atoms with E-state index >= 15 is 0 Å². The van der Waals surface area contributed by atoms with E-state index in [4.69, 9.17) is 4.98 Å². The van der Waals surface area contributed by atoms with Crippen LogP contribution < -0.4 is 5.32 Å². The number of anilines is 1. The largest absolute Gasteiger partial charge is 0.366 e. The molecule has 1 N–H and O–H groups in total. The van der Waals surface area contributed by atoms with Gasteiger partial charge in [-0.15, -0.1) is 0 Å². The third-order valence-electron chi connectivity index (χ3n) is 6.58. The van der Waals surface area contributed by atoms with E-state index in [0.29, 0.717) is 12.3 Å². The van der Waals surface area contributed by atoms with Gasteiger partial charge in [0.1, 0.15) is 11.6 Å². The van der Waals surface area contributed by atoms with Gasteiger partial charge in [-0.3, -0.25) is 9.78 Å². The lowest BCUT2D eigenvalue weighted by Gasteiger charge is -2.17. The summed E-state index contributed by atoms with van der Waals surface area (Å²) in [6.45, 7) is 13.0. The second-order valence-corrected chi connectivity index (χ2v) is 9.92. The molecule has 196 valence electrons. The van der Waals surface area contributed by atoms with Crippen molar-refractivity contribution >= 4 is 17.2 Å². The van der Waals surface area contributed by atoms with E-state index in [2.05, 4.69) is 74.3 Å². The third-order valence-corrected chi connectivity index (χ3v) is 6.58. The number of ketones is 1. The SMILES string of the molecule is CC(=O)Cc1ccc(C)c(C)c1.CCCC(CCC)c1cc(NCc2cccnc2)n2ncc(C)c2n1. The maximum atomic E-state index is 10.8. The number of hydrogen-bond acceptors (Lipinski definition) is 5. The first kappa shape index (κ1) is 28.0. The van der Waals surface area contributed by atoms with Crippen LogP contribution in [0.25, 0.3) is 5.65 Å². The van der Waals surface area contributed by atoms with Gasteiger partial charge in [0.2, 0.25) is 0 Å². The Kier molecular flexibility index (Phi) is 10.4. The summed E-state index contributed by atoms with van der Waals surface area (Å²) in [5, 5.41) is 8.02. The normalized spacial score (nSPS) is 10.9. The molecule has 37 heavy (non-hydrogen) atoms. The van der Waals surface area contributed by atoms with Crippen molar-refractivity contribution in [1.82, 2.24) is 19.6 Å². The number of hydrogen-bond donors (Lipinski definition) is 1. The first-order valence-corrected chi connectivity index (χ1v) is 13.4. The van der Waals surface area contributed by atoms with Gasteiger partial charge in [0.05, 0.1) is 6.20 Å². The van der Waals surface area contributed by atoms with Gasteiger partial charge in [-0.1, -0.05) is 51.0 Å². The summed E-state index contributed by atoms with van der Waals surface area (Å²) in [4.78, 5) is 19.9. The molecule has 3 heterocycles. The first-order valence-electron chi connectivity index (χ1n) is 13.4. The zero-order valence-electron chi connectivity index (χ0n) is 23.2. The molecule has 4 rings (SSSR count). The van der Waals surface area contributed by atoms with Crippen molar-refractivity contribution in [2.45, 2.75) is 86.1 Å². The molecular formula is C31H41N5O. The van der Waals surface area contributed by atoms with Gasteiger partial charge in [0.15, 0.2) is 5.65 Å². The van der Waals surface area contributed by atoms with Crippen LogP contribution in [0.5, 0.6) is 0 Å². The Bertz CT molecular complexity index is 1290. The minimum atomic E-state index is 0.221. The van der Waals surface area contributed by atoms with Crippen LogP contribution in [0.4, 0.5) is 5.82 Å². The highest BCUT2D eigenvalue weighted by molar-refractivity contribution is 5.78. The Hall–Kier alpha value is -3.54. The standard InChI is InChI=1S/C20H27N5.C11H14O/c1-4-7-17(8-5-2)18-11-19(22-14-16-9-6-10-21-13-16)25-20(24-18)15(3)12-23-25;1-8-4-5-11(6-9(8)2)7-10(3)12/h6,9-13,17,22H,4-5,7-8,14H2,1-3H3;4-6H,7H2,1-3H3. The van der Waals surface area contributed by atoms with Crippen LogP contribution in [0.1, 0.15) is 85.9 Å². The summed E-state index contributed by atoms with van der Waals surface area (Å²) in [5.41, 5.74) is 8.04. The molecule has 0 radical (unpaired) electrons. The number of Topliss-reactive ketones (excluding diaryl/α,β-unsaturated/α-hetero) is 1. The van der Waals surface area contributed by atoms with E-state index < -0.39 is 0 Å². The Morgan fingerprint density at radius 3 is 2.32 bits per heavy atom. The second kappa shape index (κ2) is 13.7. The van der Waals surface area contributed by atoms with Gasteiger partial charge in [-0.25, -0.2) is 4.98 Å². The van der Waals surface area contributed by atoms with Crippen molar-refractivity contribution in [2.24, 2.45) is 0 Å². The number of aryl methyl sites for hydroxylation is 3. The van der Waals surface area contributed by atoms with Crippen molar-refractivity contribution < 1.29 is 4.79 Å². The number of nitrogens with zero attached hydrogens (tertiary/aromatic N) is 4. The number of fused-ring (bicyclic) bond motifs is 1. The number of carbonyl (C=O) groups is 1. The van der Waals surface area contributed by atoms with Crippen LogP contribution in [-0.4, -0.2) is 25.4 Å². The van der Waals surface area contributed by atoms with Crippen molar-refractivity contribution in [3.8, 4) is 0 Å². The summed E-state index contributed by atoms with van der Waals surface area (Å²) >= 11 is 0. The summed E-state index contributed by atoms with van der Waals surface area (Å²) in [7, 11) is 0. The quantitative estimate of drug-likeness (QED) is 0.250. The minimum absolute atomic E-state index is 0.221. The summed E-state index contributed by atoms with van der Waals surface area (Å²) in [6.07, 6.45) is 10.8. The van der Waals surface area contributed by atoms with Gasteiger partial charge in [-0.2, -0.15) is 9.61 Å². The number of carbonyl (C=O) groups excluding carboxylic acids is 1. The van der Waals surface area contributed by atoms with Gasteiger partial charge in [-0.05, 0) is 68.9 Å². The van der Waals surface area contributed by atoms with Crippen molar-refractivity contribution in [1.29, 1.82) is 0 Å². The molecule has 0 amide bonds. The van der Waals surface area contributed by atoms with Gasteiger partial charge in [0, 0.05) is 48.6 Å². The lowest BCUT2D eigenvalue weighted by Crippen LogP contribution is -2.10. The molecule has 1 aromatic carbocycles. The zero-order chi connectivity index (χ0) is 26.8. The lowest BCUT2D eigenvalue weighted by atomic mass is 9.94. The Labute approximate surface area is 221 Å². The molecule has 0 spiro atoms. The van der Waals surface area contributed by atoms with Crippen LogP contribution in [0.15, 0.2) is 55.0 Å². The Morgan fingerprint density at radius 1 is 0.946 bits per heavy atom. The average molecular weight is 500 g/mol. The molecule has 0 fully saturated rings. The lowest BCUT2D eigenvalue weighted by molar-refractivity contribution is -0.116. The average Bonchev–Trinajstić information content (AvgIpc) is 3.26. The molecule has 6 nitrogen and oxygen atoms in total. The van der Waals surface area contributed by atoms with E-state index in [-0.39, 0.29) is 5.78 Å². The highest BCUT2D eigenvalue weighted by Crippen LogP contribution is 2.28. The van der Waals surface area contributed by atoms with E-state index in [1.807, 2.05) is 29.0 Å². The van der Waals surface area contributed by atoms with E-state index in [1.54, 1.807) is 13.1 Å². The molecule has 0 saturated heterocycles. The predicted molar refractivity (Wildman–Crippen MR) is 152 cm³/mol. The van der Waals surface area contributed by atoms with Crippen LogP contribution in [0.3, 0.4) is 0 Å².